The van der Waals surface area contributed by atoms with Crippen LogP contribution in [0.2, 0.25) is 0 Å². The minimum atomic E-state index is -0.521. The zero-order chi connectivity index (χ0) is 26.3. The molecule has 1 amide bonds. The number of amides is 1. The monoisotopic (exact) mass is 495 g/mol. The smallest absolute Gasteiger partial charge is 0.496 e. The predicted octanol–water partition coefficient (Wildman–Crippen LogP) is 4.11. The first-order valence-corrected chi connectivity index (χ1v) is 12.5. The Morgan fingerprint density at radius 2 is 1.67 bits per heavy atom. The van der Waals surface area contributed by atoms with Crippen molar-refractivity contribution >= 4 is 24.5 Å². The van der Waals surface area contributed by atoms with E-state index in [2.05, 4.69) is 16.0 Å². The molecule has 0 atom stereocenters. The fraction of sp³-hybridized carbons (Fsp3) is 0.556. The second-order valence-corrected chi connectivity index (χ2v) is 11.4. The van der Waals surface area contributed by atoms with Gasteiger partial charge in [-0.1, -0.05) is 18.2 Å². The highest BCUT2D eigenvalue weighted by Crippen LogP contribution is 2.38. The standard InChI is InChI=1S/C27H38BN3O5/c1-25(2,3)34-24(32)31-16-14-30(15-17-31)22-18-19(12-13-29-22)20-10-9-11-21(23(20)33-8)28-35-26(4,5)27(6,7)36-28/h9-13,18H,14-17H2,1-8H3. The molecule has 0 saturated carbocycles. The molecule has 2 saturated heterocycles. The van der Waals surface area contributed by atoms with Gasteiger partial charge in [0, 0.05) is 43.4 Å². The number of aromatic nitrogens is 1. The van der Waals surface area contributed by atoms with E-state index in [-0.39, 0.29) is 6.09 Å². The summed E-state index contributed by atoms with van der Waals surface area (Å²) in [6, 6.07) is 10.1. The van der Waals surface area contributed by atoms with Crippen molar-refractivity contribution in [3.8, 4) is 16.9 Å². The number of hydrogen-bond donors (Lipinski definition) is 0. The third-order valence-corrected chi connectivity index (χ3v) is 7.07. The lowest BCUT2D eigenvalue weighted by molar-refractivity contribution is 0.00578. The molecule has 0 spiro atoms. The average Bonchev–Trinajstić information content (AvgIpc) is 3.04. The van der Waals surface area contributed by atoms with Gasteiger partial charge in [0.05, 0.1) is 18.3 Å². The van der Waals surface area contributed by atoms with Crippen LogP contribution in [0.4, 0.5) is 10.6 Å². The van der Waals surface area contributed by atoms with E-state index in [4.69, 9.17) is 18.8 Å². The second-order valence-electron chi connectivity index (χ2n) is 11.4. The zero-order valence-corrected chi connectivity index (χ0v) is 22.8. The number of rotatable bonds is 4. The molecule has 2 aliphatic rings. The fourth-order valence-corrected chi connectivity index (χ4v) is 4.37. The summed E-state index contributed by atoms with van der Waals surface area (Å²) in [7, 11) is 1.15. The molecule has 8 nitrogen and oxygen atoms in total. The number of para-hydroxylation sites is 1. The van der Waals surface area contributed by atoms with Gasteiger partial charge in [-0.25, -0.2) is 9.78 Å². The Morgan fingerprint density at radius 1 is 1.03 bits per heavy atom. The third-order valence-electron chi connectivity index (χ3n) is 7.07. The number of carbonyl (C=O) groups is 1. The van der Waals surface area contributed by atoms with Crippen LogP contribution >= 0.6 is 0 Å². The number of methoxy groups -OCH3 is 1. The summed E-state index contributed by atoms with van der Waals surface area (Å²) < 4.78 is 24.0. The molecule has 2 fully saturated rings. The summed E-state index contributed by atoms with van der Waals surface area (Å²) in [5.74, 6) is 1.59. The van der Waals surface area contributed by atoms with Gasteiger partial charge in [-0.3, -0.25) is 0 Å². The van der Waals surface area contributed by atoms with Gasteiger partial charge in [0.1, 0.15) is 17.2 Å². The molecular formula is C27H38BN3O5. The first-order valence-electron chi connectivity index (χ1n) is 12.5. The Morgan fingerprint density at radius 3 is 2.25 bits per heavy atom. The van der Waals surface area contributed by atoms with Gasteiger partial charge in [-0.2, -0.15) is 0 Å². The van der Waals surface area contributed by atoms with E-state index >= 15 is 0 Å². The minimum absolute atomic E-state index is 0.270. The van der Waals surface area contributed by atoms with Crippen LogP contribution < -0.4 is 15.1 Å². The van der Waals surface area contributed by atoms with Crippen molar-refractivity contribution in [2.24, 2.45) is 0 Å². The number of piperazine rings is 1. The van der Waals surface area contributed by atoms with Crippen molar-refractivity contribution in [2.75, 3.05) is 38.2 Å². The maximum atomic E-state index is 12.4. The SMILES string of the molecule is COc1c(B2OC(C)(C)C(C)(C)O2)cccc1-c1ccnc(N2CCN(C(=O)OC(C)(C)C)CC2)c1. The van der Waals surface area contributed by atoms with Crippen LogP contribution in [-0.4, -0.2) is 73.2 Å². The van der Waals surface area contributed by atoms with Crippen molar-refractivity contribution in [1.29, 1.82) is 0 Å². The van der Waals surface area contributed by atoms with Crippen LogP contribution in [0, 0.1) is 0 Å². The quantitative estimate of drug-likeness (QED) is 0.591. The van der Waals surface area contributed by atoms with E-state index in [1.165, 1.54) is 0 Å². The molecule has 3 heterocycles. The van der Waals surface area contributed by atoms with Crippen molar-refractivity contribution in [3.63, 3.8) is 0 Å². The molecule has 2 aromatic rings. The van der Waals surface area contributed by atoms with Crippen molar-refractivity contribution in [3.05, 3.63) is 36.5 Å². The maximum Gasteiger partial charge on any atom is 0.498 e. The van der Waals surface area contributed by atoms with Gasteiger partial charge in [0.25, 0.3) is 0 Å². The van der Waals surface area contributed by atoms with Crippen LogP contribution in [0.3, 0.4) is 0 Å². The largest absolute Gasteiger partial charge is 0.498 e. The highest BCUT2D eigenvalue weighted by molar-refractivity contribution is 6.63. The number of ether oxygens (including phenoxy) is 2. The number of nitrogens with zero attached hydrogens (tertiary/aromatic N) is 3. The summed E-state index contributed by atoms with van der Waals surface area (Å²) in [6.07, 6.45) is 1.54. The van der Waals surface area contributed by atoms with Crippen LogP contribution in [-0.2, 0) is 14.0 Å². The topological polar surface area (TPSA) is 73.4 Å². The lowest BCUT2D eigenvalue weighted by atomic mass is 9.77. The van der Waals surface area contributed by atoms with E-state index in [0.29, 0.717) is 26.2 Å². The summed E-state index contributed by atoms with van der Waals surface area (Å²) in [4.78, 5) is 21.0. The Balaban J connectivity index is 1.54. The van der Waals surface area contributed by atoms with Gasteiger partial charge >= 0.3 is 13.2 Å². The Labute approximate surface area is 215 Å². The average molecular weight is 495 g/mol. The van der Waals surface area contributed by atoms with Crippen LogP contribution in [0.15, 0.2) is 36.5 Å². The summed E-state index contributed by atoms with van der Waals surface area (Å²) in [5.41, 5.74) is 1.41. The molecule has 0 unspecified atom stereocenters. The highest BCUT2D eigenvalue weighted by Gasteiger charge is 2.52. The van der Waals surface area contributed by atoms with E-state index in [9.17, 15) is 4.79 Å². The molecule has 0 radical (unpaired) electrons. The van der Waals surface area contributed by atoms with Gasteiger partial charge in [0.15, 0.2) is 0 Å². The highest BCUT2D eigenvalue weighted by atomic mass is 16.7. The Hall–Kier alpha value is -2.78. The first kappa shape index (κ1) is 26.3. The number of pyridine rings is 1. The zero-order valence-electron chi connectivity index (χ0n) is 22.8. The Kier molecular flexibility index (Phi) is 7.01. The van der Waals surface area contributed by atoms with Crippen LogP contribution in [0.25, 0.3) is 11.1 Å². The van der Waals surface area contributed by atoms with E-state index in [1.54, 1.807) is 12.0 Å². The second kappa shape index (κ2) is 9.59. The predicted molar refractivity (Wildman–Crippen MR) is 142 cm³/mol. The minimum Gasteiger partial charge on any atom is -0.496 e. The number of hydrogen-bond acceptors (Lipinski definition) is 7. The molecule has 0 N–H and O–H groups in total. The first-order chi connectivity index (χ1) is 16.8. The summed E-state index contributed by atoms with van der Waals surface area (Å²) in [5, 5.41) is 0. The van der Waals surface area contributed by atoms with Crippen molar-refractivity contribution in [2.45, 2.75) is 65.3 Å². The molecule has 0 bridgehead atoms. The molecule has 1 aromatic carbocycles. The van der Waals surface area contributed by atoms with Gasteiger partial charge in [0.2, 0.25) is 0 Å². The van der Waals surface area contributed by atoms with Crippen molar-refractivity contribution in [1.82, 2.24) is 9.88 Å². The third kappa shape index (κ3) is 5.32. The van der Waals surface area contributed by atoms with Crippen molar-refractivity contribution < 1.29 is 23.6 Å². The summed E-state index contributed by atoms with van der Waals surface area (Å²) >= 11 is 0. The molecule has 0 aliphatic carbocycles. The Bertz CT molecular complexity index is 1090. The van der Waals surface area contributed by atoms with Gasteiger partial charge in [-0.05, 0) is 66.2 Å². The lowest BCUT2D eigenvalue weighted by Crippen LogP contribution is -2.50. The van der Waals surface area contributed by atoms with Gasteiger partial charge in [-0.15, -0.1) is 0 Å². The van der Waals surface area contributed by atoms with Crippen LogP contribution in [0.1, 0.15) is 48.5 Å². The van der Waals surface area contributed by atoms with Crippen LogP contribution in [0.5, 0.6) is 5.75 Å². The number of benzene rings is 1. The molecule has 1 aromatic heterocycles. The summed E-state index contributed by atoms with van der Waals surface area (Å²) in [6.45, 7) is 16.3. The number of anilines is 1. The molecule has 9 heteroatoms. The molecule has 194 valence electrons. The molecular weight excluding hydrogens is 457 g/mol. The maximum absolute atomic E-state index is 12.4. The molecule has 4 rings (SSSR count). The van der Waals surface area contributed by atoms with E-state index in [1.807, 2.05) is 78.9 Å². The molecule has 36 heavy (non-hydrogen) atoms. The van der Waals surface area contributed by atoms with E-state index in [0.717, 1.165) is 28.2 Å². The lowest BCUT2D eigenvalue weighted by Gasteiger charge is -2.36. The van der Waals surface area contributed by atoms with E-state index < -0.39 is 23.9 Å². The normalized spacial score (nSPS) is 19.4. The number of carbonyl (C=O) groups excluding carboxylic acids is 1. The fourth-order valence-electron chi connectivity index (χ4n) is 4.37. The molecule has 2 aliphatic heterocycles. The van der Waals surface area contributed by atoms with Gasteiger partial charge < -0.3 is 28.6 Å².